The highest BCUT2D eigenvalue weighted by molar-refractivity contribution is 5.82. The van der Waals surface area contributed by atoms with Gasteiger partial charge in [0, 0.05) is 26.1 Å². The van der Waals surface area contributed by atoms with Gasteiger partial charge in [0.15, 0.2) is 0 Å². The smallest absolute Gasteiger partial charge is 0.410 e. The lowest BCUT2D eigenvalue weighted by Crippen LogP contribution is -2.61. The van der Waals surface area contributed by atoms with Gasteiger partial charge in [-0.2, -0.15) is 0 Å². The quantitative estimate of drug-likeness (QED) is 0.577. The molecule has 0 aromatic heterocycles. The summed E-state index contributed by atoms with van der Waals surface area (Å²) in [5, 5.41) is 12.3. The molecule has 4 atom stereocenters. The Bertz CT molecular complexity index is 1200. The molecule has 0 unspecified atom stereocenters. The summed E-state index contributed by atoms with van der Waals surface area (Å²) < 4.78 is 25.3. The number of hydrogen-bond acceptors (Lipinski definition) is 6. The molecule has 0 saturated carbocycles. The highest BCUT2D eigenvalue weighted by Crippen LogP contribution is 2.36. The minimum atomic E-state index is -1.05. The molecule has 2 aliphatic heterocycles. The molecule has 2 aromatic carbocycles. The second-order valence-corrected chi connectivity index (χ2v) is 11.0. The van der Waals surface area contributed by atoms with Crippen LogP contribution < -0.4 is 5.32 Å². The Labute approximate surface area is 227 Å². The summed E-state index contributed by atoms with van der Waals surface area (Å²) in [7, 11) is 1.58. The number of halogens is 1. The van der Waals surface area contributed by atoms with Gasteiger partial charge in [-0.15, -0.1) is 0 Å². The van der Waals surface area contributed by atoms with Gasteiger partial charge >= 0.3 is 12.1 Å². The van der Waals surface area contributed by atoms with Crippen molar-refractivity contribution in [2.45, 2.75) is 63.4 Å². The molecule has 2 amide bonds. The number of carboxylic acids is 1. The van der Waals surface area contributed by atoms with Crippen molar-refractivity contribution in [1.82, 2.24) is 15.1 Å². The van der Waals surface area contributed by atoms with Crippen molar-refractivity contribution in [3.05, 3.63) is 71.0 Å². The van der Waals surface area contributed by atoms with E-state index < -0.39 is 41.9 Å². The lowest BCUT2D eigenvalue weighted by molar-refractivity contribution is -0.152. The maximum atomic E-state index is 14.0. The second kappa shape index (κ2) is 11.7. The number of ether oxygens (including phenoxy) is 2. The van der Waals surface area contributed by atoms with E-state index in [4.69, 9.17) is 9.47 Å². The first kappa shape index (κ1) is 28.5. The van der Waals surface area contributed by atoms with Crippen LogP contribution in [0.4, 0.5) is 9.18 Å². The van der Waals surface area contributed by atoms with Crippen molar-refractivity contribution in [2.24, 2.45) is 0 Å². The molecule has 2 heterocycles. The van der Waals surface area contributed by atoms with Crippen LogP contribution >= 0.6 is 0 Å². The fourth-order valence-electron chi connectivity index (χ4n) is 5.24. The van der Waals surface area contributed by atoms with Gasteiger partial charge in [0.05, 0.1) is 25.2 Å². The minimum absolute atomic E-state index is 0.0229. The zero-order chi connectivity index (χ0) is 28.3. The molecule has 0 radical (unpaired) electrons. The third-order valence-electron chi connectivity index (χ3n) is 7.12. The Kier molecular flexibility index (Phi) is 8.56. The molecule has 1 saturated heterocycles. The third kappa shape index (κ3) is 6.75. The number of carboxylic acid groups (broad SMARTS) is 1. The van der Waals surface area contributed by atoms with Crippen LogP contribution in [0.15, 0.2) is 48.5 Å². The summed E-state index contributed by atoms with van der Waals surface area (Å²) in [6, 6.07) is 12.6. The van der Waals surface area contributed by atoms with Crippen LogP contribution in [0.3, 0.4) is 0 Å². The number of carbonyl (C=O) groups excluding carboxylic acids is 2. The third-order valence-corrected chi connectivity index (χ3v) is 7.12. The van der Waals surface area contributed by atoms with Crippen molar-refractivity contribution in [2.75, 3.05) is 26.7 Å². The fourth-order valence-corrected chi connectivity index (χ4v) is 5.24. The normalized spacial score (nSPS) is 23.1. The summed E-state index contributed by atoms with van der Waals surface area (Å²) in [6.45, 7) is 5.43. The number of benzene rings is 2. The van der Waals surface area contributed by atoms with E-state index in [1.807, 2.05) is 24.3 Å². The van der Waals surface area contributed by atoms with Crippen LogP contribution in [-0.4, -0.2) is 83.4 Å². The topological polar surface area (TPSA) is 108 Å². The first-order valence-corrected chi connectivity index (χ1v) is 13.1. The number of carbonyl (C=O) groups is 3. The Morgan fingerprint density at radius 3 is 2.51 bits per heavy atom. The van der Waals surface area contributed by atoms with E-state index >= 15 is 0 Å². The molecule has 210 valence electrons. The molecule has 2 aromatic rings. The number of rotatable bonds is 6. The standard InChI is InChI=1S/C29H36FN3O6/c1-29(2,3)39-28(37)32(4)23-17-38-24(15-22(23)31-16-25(34)35)27(36)33-14-13-18-7-5-6-8-21(18)26(33)19-9-11-20(30)12-10-19/h5-12,22-24,26,31H,13-17H2,1-4H3,(H,34,35)/t22-,23-,24+,26-/m0/s1. The van der Waals surface area contributed by atoms with Crippen LogP contribution in [0.2, 0.25) is 0 Å². The Hall–Kier alpha value is -3.50. The molecule has 0 spiro atoms. The molecular weight excluding hydrogens is 505 g/mol. The lowest BCUT2D eigenvalue weighted by Gasteiger charge is -2.44. The van der Waals surface area contributed by atoms with Crippen molar-refractivity contribution >= 4 is 18.0 Å². The highest BCUT2D eigenvalue weighted by atomic mass is 19.1. The monoisotopic (exact) mass is 541 g/mol. The van der Waals surface area contributed by atoms with E-state index in [-0.39, 0.29) is 31.3 Å². The fraction of sp³-hybridized carbons (Fsp3) is 0.483. The van der Waals surface area contributed by atoms with E-state index in [9.17, 15) is 23.9 Å². The number of hydrogen-bond donors (Lipinski definition) is 2. The SMILES string of the molecule is CN(C(=O)OC(C)(C)C)[C@H]1CO[C@@H](C(=O)N2CCc3ccccc3[C@@H]2c2ccc(F)cc2)C[C@@H]1NCC(=O)O. The first-order valence-electron chi connectivity index (χ1n) is 13.1. The lowest BCUT2D eigenvalue weighted by atomic mass is 9.87. The van der Waals surface area contributed by atoms with Gasteiger partial charge < -0.3 is 29.7 Å². The van der Waals surface area contributed by atoms with Gasteiger partial charge in [-0.05, 0) is 56.0 Å². The minimum Gasteiger partial charge on any atom is -0.480 e. The van der Waals surface area contributed by atoms with Gasteiger partial charge in [0.25, 0.3) is 5.91 Å². The van der Waals surface area contributed by atoms with Crippen LogP contribution in [-0.2, 0) is 25.5 Å². The van der Waals surface area contributed by atoms with E-state index in [2.05, 4.69) is 5.32 Å². The summed E-state index contributed by atoms with van der Waals surface area (Å²) in [5.41, 5.74) is 2.18. The number of likely N-dealkylation sites (N-methyl/N-ethyl adjacent to an activating group) is 1. The van der Waals surface area contributed by atoms with E-state index in [1.54, 1.807) is 44.9 Å². The maximum Gasteiger partial charge on any atom is 0.410 e. The first-order chi connectivity index (χ1) is 18.4. The Balaban J connectivity index is 1.58. The highest BCUT2D eigenvalue weighted by Gasteiger charge is 2.43. The van der Waals surface area contributed by atoms with Gasteiger partial charge in [-0.25, -0.2) is 9.18 Å². The van der Waals surface area contributed by atoms with Gasteiger partial charge in [-0.3, -0.25) is 9.59 Å². The number of fused-ring (bicyclic) bond motifs is 1. The van der Waals surface area contributed by atoms with E-state index in [0.717, 1.165) is 16.7 Å². The van der Waals surface area contributed by atoms with Crippen molar-refractivity contribution in [3.63, 3.8) is 0 Å². The molecule has 0 aliphatic carbocycles. The summed E-state index contributed by atoms with van der Waals surface area (Å²) in [5.74, 6) is -1.64. The summed E-state index contributed by atoms with van der Waals surface area (Å²) in [4.78, 5) is 41.2. The largest absolute Gasteiger partial charge is 0.480 e. The van der Waals surface area contributed by atoms with Gasteiger partial charge in [0.1, 0.15) is 17.5 Å². The molecule has 2 aliphatic rings. The maximum absolute atomic E-state index is 14.0. The predicted octanol–water partition coefficient (Wildman–Crippen LogP) is 3.37. The van der Waals surface area contributed by atoms with Crippen LogP contribution in [0, 0.1) is 5.82 Å². The molecule has 39 heavy (non-hydrogen) atoms. The van der Waals surface area contributed by atoms with Gasteiger partial charge in [0.2, 0.25) is 0 Å². The molecule has 1 fully saturated rings. The molecule has 4 rings (SSSR count). The average Bonchev–Trinajstić information content (AvgIpc) is 2.90. The zero-order valence-electron chi connectivity index (χ0n) is 22.7. The predicted molar refractivity (Wildman–Crippen MR) is 142 cm³/mol. The van der Waals surface area contributed by atoms with Crippen molar-refractivity contribution in [1.29, 1.82) is 0 Å². The summed E-state index contributed by atoms with van der Waals surface area (Å²) in [6.07, 6.45) is -0.588. The second-order valence-electron chi connectivity index (χ2n) is 11.0. The van der Waals surface area contributed by atoms with E-state index in [1.165, 1.54) is 17.0 Å². The van der Waals surface area contributed by atoms with Gasteiger partial charge in [-0.1, -0.05) is 36.4 Å². The summed E-state index contributed by atoms with van der Waals surface area (Å²) >= 11 is 0. The van der Waals surface area contributed by atoms with Crippen LogP contribution in [0.25, 0.3) is 0 Å². The number of nitrogens with one attached hydrogen (secondary N) is 1. The average molecular weight is 542 g/mol. The molecule has 0 bridgehead atoms. The van der Waals surface area contributed by atoms with Crippen molar-refractivity contribution in [3.8, 4) is 0 Å². The molecular formula is C29H36FN3O6. The molecule has 9 nitrogen and oxygen atoms in total. The zero-order valence-corrected chi connectivity index (χ0v) is 22.7. The number of nitrogens with zero attached hydrogens (tertiary/aromatic N) is 2. The van der Waals surface area contributed by atoms with Crippen molar-refractivity contribution < 1.29 is 33.4 Å². The molecule has 2 N–H and O–H groups in total. The number of aliphatic carboxylic acids is 1. The van der Waals surface area contributed by atoms with Crippen LogP contribution in [0.5, 0.6) is 0 Å². The number of amides is 2. The van der Waals surface area contributed by atoms with Crippen LogP contribution in [0.1, 0.15) is 49.9 Å². The molecule has 10 heteroatoms. The Morgan fingerprint density at radius 2 is 1.85 bits per heavy atom. The Morgan fingerprint density at radius 1 is 1.15 bits per heavy atom. The van der Waals surface area contributed by atoms with E-state index in [0.29, 0.717) is 13.0 Å².